The fourth-order valence-electron chi connectivity index (χ4n) is 1.27. The lowest BCUT2D eigenvalue weighted by Crippen LogP contribution is -2.24. The van der Waals surface area contributed by atoms with E-state index >= 15 is 0 Å². The maximum absolute atomic E-state index is 10.0. The van der Waals surface area contributed by atoms with E-state index in [2.05, 4.69) is 20.9 Å². The Kier molecular flexibility index (Phi) is 2.20. The van der Waals surface area contributed by atoms with Gasteiger partial charge >= 0.3 is 0 Å². The van der Waals surface area contributed by atoms with Crippen LogP contribution >= 0.6 is 27.3 Å². The van der Waals surface area contributed by atoms with Gasteiger partial charge in [0.05, 0.1) is 17.0 Å². The van der Waals surface area contributed by atoms with Crippen LogP contribution in [-0.4, -0.2) is 23.3 Å². The number of halogens is 1. The monoisotopic (exact) mass is 249 g/mol. The molecular weight excluding hydrogens is 242 g/mol. The van der Waals surface area contributed by atoms with E-state index in [9.17, 15) is 5.11 Å². The number of thiazole rings is 1. The second-order valence-electron chi connectivity index (χ2n) is 2.81. The molecule has 1 N–H and O–H groups in total. The maximum Gasteiger partial charge on any atom is 0.127 e. The van der Waals surface area contributed by atoms with Crippen molar-refractivity contribution in [1.82, 2.24) is 4.98 Å². The molecule has 0 saturated carbocycles. The molecule has 5 heteroatoms. The van der Waals surface area contributed by atoms with Gasteiger partial charge in [-0.2, -0.15) is 0 Å². The molecule has 2 rings (SSSR count). The highest BCUT2D eigenvalue weighted by Crippen LogP contribution is 2.36. The van der Waals surface area contributed by atoms with Gasteiger partial charge in [-0.15, -0.1) is 11.3 Å². The highest BCUT2D eigenvalue weighted by atomic mass is 79.9. The molecule has 1 aliphatic rings. The van der Waals surface area contributed by atoms with Crippen LogP contribution in [0.15, 0.2) is 10.1 Å². The lowest BCUT2D eigenvalue weighted by atomic mass is 10.0. The first-order chi connectivity index (χ1) is 5.72. The van der Waals surface area contributed by atoms with Crippen LogP contribution in [0.4, 0.5) is 0 Å². The van der Waals surface area contributed by atoms with Crippen LogP contribution in [0.1, 0.15) is 11.3 Å². The van der Waals surface area contributed by atoms with Gasteiger partial charge in [0.2, 0.25) is 0 Å². The second kappa shape index (κ2) is 3.06. The van der Waals surface area contributed by atoms with Gasteiger partial charge in [0.15, 0.2) is 0 Å². The molecule has 0 spiro atoms. The maximum atomic E-state index is 10.0. The molecule has 0 amide bonds. The Morgan fingerprint density at radius 3 is 3.08 bits per heavy atom. The third-order valence-electron chi connectivity index (χ3n) is 1.95. The topological polar surface area (TPSA) is 42.4 Å². The van der Waals surface area contributed by atoms with Crippen LogP contribution in [0.3, 0.4) is 0 Å². The summed E-state index contributed by atoms with van der Waals surface area (Å²) < 4.78 is 5.88. The number of hydrogen-bond donors (Lipinski definition) is 1. The summed E-state index contributed by atoms with van der Waals surface area (Å²) in [4.78, 5) is 4.90. The summed E-state index contributed by atoms with van der Waals surface area (Å²) in [5.74, 6) is 0. The molecule has 1 atom stereocenters. The fourth-order valence-corrected chi connectivity index (χ4v) is 2.95. The van der Waals surface area contributed by atoms with Gasteiger partial charge in [-0.25, -0.2) is 4.98 Å². The minimum absolute atomic E-state index is 0.383. The number of ether oxygens (including phenoxy) is 1. The van der Waals surface area contributed by atoms with Crippen molar-refractivity contribution in [1.29, 1.82) is 0 Å². The molecule has 2 heterocycles. The van der Waals surface area contributed by atoms with E-state index in [0.717, 1.165) is 9.48 Å². The molecular formula is C7H8BrNO2S. The Balaban J connectivity index is 2.34. The van der Waals surface area contributed by atoms with Gasteiger partial charge in [0, 0.05) is 13.0 Å². The van der Waals surface area contributed by atoms with E-state index in [4.69, 9.17) is 4.74 Å². The lowest BCUT2D eigenvalue weighted by molar-refractivity contribution is 0.0256. The average Bonchev–Trinajstić information content (AvgIpc) is 2.59. The molecule has 0 aromatic carbocycles. The van der Waals surface area contributed by atoms with Crippen LogP contribution in [0, 0.1) is 0 Å². The van der Waals surface area contributed by atoms with E-state index in [1.54, 1.807) is 5.51 Å². The first-order valence-electron chi connectivity index (χ1n) is 3.62. The molecule has 1 unspecified atom stereocenters. The SMILES string of the molecule is OC1(c2scnc2Br)CCOC1. The van der Waals surface area contributed by atoms with Crippen molar-refractivity contribution in [3.05, 3.63) is 15.0 Å². The molecule has 1 aromatic heterocycles. The Morgan fingerprint density at radius 2 is 2.58 bits per heavy atom. The van der Waals surface area contributed by atoms with Crippen molar-refractivity contribution in [3.63, 3.8) is 0 Å². The van der Waals surface area contributed by atoms with Crippen molar-refractivity contribution < 1.29 is 9.84 Å². The van der Waals surface area contributed by atoms with E-state index in [1.807, 2.05) is 0 Å². The number of nitrogens with zero attached hydrogens (tertiary/aromatic N) is 1. The third-order valence-corrected chi connectivity index (χ3v) is 3.83. The van der Waals surface area contributed by atoms with Gasteiger partial charge in [-0.05, 0) is 15.9 Å². The zero-order valence-electron chi connectivity index (χ0n) is 6.29. The summed E-state index contributed by atoms with van der Waals surface area (Å²) in [5, 5.41) is 10.0. The van der Waals surface area contributed by atoms with Gasteiger partial charge in [0.1, 0.15) is 10.2 Å². The zero-order chi connectivity index (χ0) is 8.60. The normalized spacial score (nSPS) is 29.5. The lowest BCUT2D eigenvalue weighted by Gasteiger charge is -2.17. The van der Waals surface area contributed by atoms with Crippen LogP contribution < -0.4 is 0 Å². The average molecular weight is 250 g/mol. The van der Waals surface area contributed by atoms with Gasteiger partial charge in [-0.1, -0.05) is 0 Å². The molecule has 0 radical (unpaired) electrons. The molecule has 1 fully saturated rings. The highest BCUT2D eigenvalue weighted by Gasteiger charge is 2.37. The second-order valence-corrected chi connectivity index (χ2v) is 4.41. The largest absolute Gasteiger partial charge is 0.382 e. The van der Waals surface area contributed by atoms with Gasteiger partial charge in [-0.3, -0.25) is 0 Å². The summed E-state index contributed by atoms with van der Waals surface area (Å²) >= 11 is 4.75. The standard InChI is InChI=1S/C7H8BrNO2S/c8-6-5(12-4-9-6)7(10)1-2-11-3-7/h4,10H,1-3H2. The fraction of sp³-hybridized carbons (Fsp3) is 0.571. The van der Waals surface area contributed by atoms with E-state index < -0.39 is 5.60 Å². The van der Waals surface area contributed by atoms with Crippen LogP contribution in [-0.2, 0) is 10.3 Å². The zero-order valence-corrected chi connectivity index (χ0v) is 8.69. The summed E-state index contributed by atoms with van der Waals surface area (Å²) in [6, 6.07) is 0. The molecule has 3 nitrogen and oxygen atoms in total. The van der Waals surface area contributed by atoms with Crippen molar-refractivity contribution in [3.8, 4) is 0 Å². The van der Waals surface area contributed by atoms with Crippen molar-refractivity contribution in [2.45, 2.75) is 12.0 Å². The quantitative estimate of drug-likeness (QED) is 0.821. The van der Waals surface area contributed by atoms with Crippen molar-refractivity contribution in [2.24, 2.45) is 0 Å². The third kappa shape index (κ3) is 1.31. The van der Waals surface area contributed by atoms with Crippen molar-refractivity contribution >= 4 is 27.3 Å². The Hall–Kier alpha value is 0.0300. The van der Waals surface area contributed by atoms with Crippen LogP contribution in [0.25, 0.3) is 0 Å². The molecule has 1 aliphatic heterocycles. The predicted octanol–water partition coefficient (Wildman–Crippen LogP) is 1.51. The van der Waals surface area contributed by atoms with E-state index in [1.165, 1.54) is 11.3 Å². The molecule has 1 saturated heterocycles. The summed E-state index contributed by atoms with van der Waals surface area (Å²) in [6.07, 6.45) is 0.661. The Bertz CT molecular complexity index is 283. The first-order valence-corrected chi connectivity index (χ1v) is 5.29. The number of aromatic nitrogens is 1. The van der Waals surface area contributed by atoms with Crippen molar-refractivity contribution in [2.75, 3.05) is 13.2 Å². The minimum atomic E-state index is -0.806. The van der Waals surface area contributed by atoms with Crippen LogP contribution in [0.5, 0.6) is 0 Å². The molecule has 0 aliphatic carbocycles. The molecule has 66 valence electrons. The summed E-state index contributed by atoms with van der Waals surface area (Å²) in [5.41, 5.74) is 0.912. The number of hydrogen-bond acceptors (Lipinski definition) is 4. The summed E-state index contributed by atoms with van der Waals surface area (Å²) in [7, 11) is 0. The number of rotatable bonds is 1. The smallest absolute Gasteiger partial charge is 0.127 e. The van der Waals surface area contributed by atoms with E-state index in [0.29, 0.717) is 19.6 Å². The molecule has 0 bridgehead atoms. The van der Waals surface area contributed by atoms with Gasteiger partial charge < -0.3 is 9.84 Å². The Morgan fingerprint density at radius 1 is 1.75 bits per heavy atom. The first kappa shape index (κ1) is 8.62. The Labute approximate surface area is 82.5 Å². The number of aliphatic hydroxyl groups is 1. The summed E-state index contributed by atoms with van der Waals surface area (Å²) in [6.45, 7) is 1.01. The molecule has 12 heavy (non-hydrogen) atoms. The minimum Gasteiger partial charge on any atom is -0.382 e. The highest BCUT2D eigenvalue weighted by molar-refractivity contribution is 9.10. The van der Waals surface area contributed by atoms with Gasteiger partial charge in [0.25, 0.3) is 0 Å². The molecule has 1 aromatic rings. The van der Waals surface area contributed by atoms with E-state index in [-0.39, 0.29) is 0 Å². The predicted molar refractivity (Wildman–Crippen MR) is 49.1 cm³/mol. The van der Waals surface area contributed by atoms with Crippen LogP contribution in [0.2, 0.25) is 0 Å².